The number of hydrogen-bond donors (Lipinski definition) is 2. The molecule has 0 radical (unpaired) electrons. The van der Waals surface area contributed by atoms with Gasteiger partial charge in [0.1, 0.15) is 6.54 Å². The number of rotatable bonds is 8. The Morgan fingerprint density at radius 2 is 1.75 bits per heavy atom. The Morgan fingerprint density at radius 3 is 2.33 bits per heavy atom. The van der Waals surface area contributed by atoms with Gasteiger partial charge in [-0.3, -0.25) is 13.9 Å². The van der Waals surface area contributed by atoms with Crippen molar-refractivity contribution in [2.45, 2.75) is 51.7 Å². The van der Waals surface area contributed by atoms with E-state index in [9.17, 15) is 14.7 Å². The number of hydrogen-bond acceptors (Lipinski definition) is 3. The van der Waals surface area contributed by atoms with Crippen molar-refractivity contribution >= 4 is 16.9 Å². The summed E-state index contributed by atoms with van der Waals surface area (Å²) in [7, 11) is 1.69. The second kappa shape index (κ2) is 7.66. The first kappa shape index (κ1) is 18.3. The highest BCUT2D eigenvalue weighted by atomic mass is 16.3. The average Bonchev–Trinajstić information content (AvgIpc) is 2.79. The lowest BCUT2D eigenvalue weighted by Crippen LogP contribution is -2.44. The average molecular weight is 333 g/mol. The van der Waals surface area contributed by atoms with Crippen molar-refractivity contribution in [2.75, 3.05) is 6.54 Å². The Balaban J connectivity index is 2.11. The van der Waals surface area contributed by atoms with Gasteiger partial charge in [0.2, 0.25) is 5.91 Å². The monoisotopic (exact) mass is 333 g/mol. The van der Waals surface area contributed by atoms with Gasteiger partial charge in [-0.15, -0.1) is 0 Å². The van der Waals surface area contributed by atoms with Gasteiger partial charge in [0, 0.05) is 13.6 Å². The molecule has 0 aliphatic heterocycles. The number of carbonyl (C=O) groups excluding carboxylic acids is 1. The number of aliphatic hydroxyl groups is 1. The molecule has 132 valence electrons. The SMILES string of the molecule is CCCC(O)(CCC)CNC(=O)Cn1c(=O)n(C)c2ccccc21. The number of amides is 1. The number of nitrogens with zero attached hydrogens (tertiary/aromatic N) is 2. The van der Waals surface area contributed by atoms with Crippen molar-refractivity contribution in [1.82, 2.24) is 14.5 Å². The molecule has 0 aliphatic carbocycles. The van der Waals surface area contributed by atoms with Crippen LogP contribution in [0, 0.1) is 0 Å². The molecule has 24 heavy (non-hydrogen) atoms. The van der Waals surface area contributed by atoms with Gasteiger partial charge in [-0.1, -0.05) is 38.8 Å². The number of aromatic nitrogens is 2. The summed E-state index contributed by atoms with van der Waals surface area (Å²) >= 11 is 0. The maximum atomic E-state index is 12.3. The second-order valence-corrected chi connectivity index (χ2v) is 6.42. The molecule has 0 spiro atoms. The van der Waals surface area contributed by atoms with E-state index in [1.165, 1.54) is 9.13 Å². The fourth-order valence-electron chi connectivity index (χ4n) is 3.21. The van der Waals surface area contributed by atoms with Crippen molar-refractivity contribution in [3.8, 4) is 0 Å². The molecule has 1 aromatic heterocycles. The molecule has 0 bridgehead atoms. The van der Waals surface area contributed by atoms with Crippen LogP contribution in [0.3, 0.4) is 0 Å². The number of aryl methyl sites for hydroxylation is 1. The fourth-order valence-corrected chi connectivity index (χ4v) is 3.21. The number of para-hydroxylation sites is 2. The molecule has 1 amide bonds. The molecule has 2 N–H and O–H groups in total. The largest absolute Gasteiger partial charge is 0.388 e. The fraction of sp³-hybridized carbons (Fsp3) is 0.556. The molecular formula is C18H27N3O3. The van der Waals surface area contributed by atoms with Crippen LogP contribution in [-0.4, -0.2) is 32.3 Å². The molecule has 6 heteroatoms. The first-order valence-corrected chi connectivity index (χ1v) is 8.55. The maximum absolute atomic E-state index is 12.3. The van der Waals surface area contributed by atoms with E-state index >= 15 is 0 Å². The zero-order chi connectivity index (χ0) is 17.7. The van der Waals surface area contributed by atoms with Gasteiger partial charge in [0.15, 0.2) is 0 Å². The second-order valence-electron chi connectivity index (χ2n) is 6.42. The number of imidazole rings is 1. The molecule has 2 rings (SSSR count). The van der Waals surface area contributed by atoms with Crippen molar-refractivity contribution < 1.29 is 9.90 Å². The van der Waals surface area contributed by atoms with Crippen molar-refractivity contribution in [3.63, 3.8) is 0 Å². The highest BCUT2D eigenvalue weighted by molar-refractivity contribution is 5.80. The lowest BCUT2D eigenvalue weighted by molar-refractivity contribution is -0.123. The third kappa shape index (κ3) is 3.87. The summed E-state index contributed by atoms with van der Waals surface area (Å²) in [6, 6.07) is 7.39. The Hall–Kier alpha value is -2.08. The molecule has 0 saturated heterocycles. The molecular weight excluding hydrogens is 306 g/mol. The van der Waals surface area contributed by atoms with Crippen LogP contribution in [0.5, 0.6) is 0 Å². The van der Waals surface area contributed by atoms with Crippen LogP contribution in [0.15, 0.2) is 29.1 Å². The van der Waals surface area contributed by atoms with Crippen molar-refractivity contribution in [2.24, 2.45) is 7.05 Å². The maximum Gasteiger partial charge on any atom is 0.329 e. The number of carbonyl (C=O) groups is 1. The van der Waals surface area contributed by atoms with Crippen LogP contribution in [0.1, 0.15) is 39.5 Å². The normalized spacial score (nSPS) is 11.8. The van der Waals surface area contributed by atoms with E-state index in [0.29, 0.717) is 12.8 Å². The van der Waals surface area contributed by atoms with Gasteiger partial charge in [-0.25, -0.2) is 4.79 Å². The number of benzene rings is 1. The molecule has 1 heterocycles. The minimum Gasteiger partial charge on any atom is -0.388 e. The van der Waals surface area contributed by atoms with Crippen LogP contribution < -0.4 is 11.0 Å². The molecule has 0 saturated carbocycles. The van der Waals surface area contributed by atoms with E-state index in [4.69, 9.17) is 0 Å². The Labute approximate surface area is 142 Å². The zero-order valence-corrected chi connectivity index (χ0v) is 14.7. The minimum absolute atomic E-state index is 0.0471. The zero-order valence-electron chi connectivity index (χ0n) is 14.7. The van der Waals surface area contributed by atoms with E-state index in [0.717, 1.165) is 23.9 Å². The van der Waals surface area contributed by atoms with E-state index in [1.54, 1.807) is 7.05 Å². The standard InChI is InChI=1S/C18H27N3O3/c1-4-10-18(24,11-5-2)13-19-16(22)12-21-15-9-7-6-8-14(15)20(3)17(21)23/h6-9,24H,4-5,10-13H2,1-3H3,(H,19,22). The summed E-state index contributed by atoms with van der Waals surface area (Å²) in [5.41, 5.74) is 0.438. The summed E-state index contributed by atoms with van der Waals surface area (Å²) in [6.07, 6.45) is 3.01. The summed E-state index contributed by atoms with van der Waals surface area (Å²) in [5.74, 6) is -0.265. The highest BCUT2D eigenvalue weighted by Gasteiger charge is 2.25. The van der Waals surface area contributed by atoms with Crippen LogP contribution in [-0.2, 0) is 18.4 Å². The topological polar surface area (TPSA) is 76.3 Å². The first-order chi connectivity index (χ1) is 11.4. The first-order valence-electron chi connectivity index (χ1n) is 8.55. The predicted octanol–water partition coefficient (Wildman–Crippen LogP) is 1.79. The van der Waals surface area contributed by atoms with Crippen LogP contribution in [0.2, 0.25) is 0 Å². The molecule has 0 atom stereocenters. The molecule has 2 aromatic rings. The number of fused-ring (bicyclic) bond motifs is 1. The molecule has 6 nitrogen and oxygen atoms in total. The molecule has 0 unspecified atom stereocenters. The van der Waals surface area contributed by atoms with Crippen LogP contribution in [0.4, 0.5) is 0 Å². The third-order valence-electron chi connectivity index (χ3n) is 4.40. The Morgan fingerprint density at radius 1 is 1.17 bits per heavy atom. The predicted molar refractivity (Wildman–Crippen MR) is 95.0 cm³/mol. The van der Waals surface area contributed by atoms with Crippen molar-refractivity contribution in [3.05, 3.63) is 34.7 Å². The van der Waals surface area contributed by atoms with Gasteiger partial charge >= 0.3 is 5.69 Å². The van der Waals surface area contributed by atoms with E-state index in [2.05, 4.69) is 5.32 Å². The summed E-state index contributed by atoms with van der Waals surface area (Å²) in [6.45, 7) is 4.19. The lowest BCUT2D eigenvalue weighted by atomic mass is 9.92. The third-order valence-corrected chi connectivity index (χ3v) is 4.40. The van der Waals surface area contributed by atoms with Crippen molar-refractivity contribution in [1.29, 1.82) is 0 Å². The van der Waals surface area contributed by atoms with Gasteiger partial charge in [-0.2, -0.15) is 0 Å². The smallest absolute Gasteiger partial charge is 0.329 e. The molecule has 0 aliphatic rings. The van der Waals surface area contributed by atoms with Gasteiger partial charge in [0.25, 0.3) is 0 Å². The van der Waals surface area contributed by atoms with Crippen LogP contribution in [0.25, 0.3) is 11.0 Å². The molecule has 0 fully saturated rings. The quantitative estimate of drug-likeness (QED) is 0.773. The Kier molecular flexibility index (Phi) is 5.83. The van der Waals surface area contributed by atoms with Gasteiger partial charge in [-0.05, 0) is 25.0 Å². The molecule has 1 aromatic carbocycles. The summed E-state index contributed by atoms with van der Waals surface area (Å²) in [4.78, 5) is 24.6. The van der Waals surface area contributed by atoms with E-state index in [-0.39, 0.29) is 24.7 Å². The van der Waals surface area contributed by atoms with Gasteiger partial charge in [0.05, 0.1) is 16.6 Å². The van der Waals surface area contributed by atoms with E-state index in [1.807, 2.05) is 38.1 Å². The summed E-state index contributed by atoms with van der Waals surface area (Å²) < 4.78 is 3.00. The lowest BCUT2D eigenvalue weighted by Gasteiger charge is -2.27. The highest BCUT2D eigenvalue weighted by Crippen LogP contribution is 2.18. The van der Waals surface area contributed by atoms with E-state index < -0.39 is 5.60 Å². The summed E-state index contributed by atoms with van der Waals surface area (Å²) in [5, 5.41) is 13.4. The minimum atomic E-state index is -0.872. The number of nitrogens with one attached hydrogen (secondary N) is 1. The van der Waals surface area contributed by atoms with Gasteiger partial charge < -0.3 is 10.4 Å². The Bertz CT molecular complexity index is 754. The van der Waals surface area contributed by atoms with Crippen LogP contribution >= 0.6 is 0 Å².